The third-order valence-electron chi connectivity index (χ3n) is 5.23. The Morgan fingerprint density at radius 1 is 1.00 bits per heavy atom. The number of anilines is 1. The fraction of sp³-hybridized carbons (Fsp3) is 0.333. The number of carbonyl (C=O) groups is 1. The van der Waals surface area contributed by atoms with E-state index in [1.807, 2.05) is 31.2 Å². The Hall–Kier alpha value is -2.93. The van der Waals surface area contributed by atoms with Crippen molar-refractivity contribution >= 4 is 39.9 Å². The third kappa shape index (κ3) is 4.28. The van der Waals surface area contributed by atoms with Crippen LogP contribution in [0.4, 0.5) is 5.69 Å². The highest BCUT2D eigenvalue weighted by molar-refractivity contribution is 7.99. The highest BCUT2D eigenvalue weighted by atomic mass is 32.2. The molecule has 4 rings (SSSR count). The number of aromatic nitrogens is 4. The van der Waals surface area contributed by atoms with Gasteiger partial charge in [-0.2, -0.15) is 4.52 Å². The van der Waals surface area contributed by atoms with E-state index in [0.717, 1.165) is 33.4 Å². The monoisotopic (exact) mass is 433 g/mol. The molecular weight excluding hydrogens is 406 g/mol. The Kier molecular flexibility index (Phi) is 5.96. The molecule has 2 aromatic heterocycles. The van der Waals surface area contributed by atoms with E-state index in [2.05, 4.69) is 61.3 Å². The number of benzene rings is 2. The van der Waals surface area contributed by atoms with Gasteiger partial charge in [-0.15, -0.1) is 5.10 Å². The van der Waals surface area contributed by atoms with E-state index in [0.29, 0.717) is 22.8 Å². The highest BCUT2D eigenvalue weighted by Gasteiger charge is 2.18. The predicted octanol–water partition coefficient (Wildman–Crippen LogP) is 5.56. The number of thioether (sulfide) groups is 1. The number of hydrogen-bond donors (Lipinski definition) is 1. The molecule has 0 saturated heterocycles. The van der Waals surface area contributed by atoms with Crippen molar-refractivity contribution < 1.29 is 4.79 Å². The van der Waals surface area contributed by atoms with Crippen LogP contribution in [0.25, 0.3) is 16.6 Å². The van der Waals surface area contributed by atoms with E-state index in [-0.39, 0.29) is 11.7 Å². The number of rotatable bonds is 6. The number of nitrogens with one attached hydrogen (secondary N) is 1. The van der Waals surface area contributed by atoms with E-state index < -0.39 is 0 Å². The summed E-state index contributed by atoms with van der Waals surface area (Å²) in [5.74, 6) is 1.50. The summed E-state index contributed by atoms with van der Waals surface area (Å²) in [5, 5.41) is 9.27. The largest absolute Gasteiger partial charge is 0.325 e. The first-order valence-electron chi connectivity index (χ1n) is 10.5. The van der Waals surface area contributed by atoms with Crippen molar-refractivity contribution in [3.63, 3.8) is 0 Å². The maximum Gasteiger partial charge on any atom is 0.234 e. The SMILES string of the molecule is Cc1nc2c3ccccc3nc(SCC(=O)Nc3c(C(C)C)cccc3C(C)C)n2n1. The molecule has 2 heterocycles. The van der Waals surface area contributed by atoms with Gasteiger partial charge in [0, 0.05) is 11.1 Å². The lowest BCUT2D eigenvalue weighted by atomic mass is 9.92. The minimum Gasteiger partial charge on any atom is -0.325 e. The number of para-hydroxylation sites is 2. The average Bonchev–Trinajstić information content (AvgIpc) is 3.13. The number of amides is 1. The smallest absolute Gasteiger partial charge is 0.234 e. The van der Waals surface area contributed by atoms with E-state index in [1.54, 1.807) is 4.52 Å². The van der Waals surface area contributed by atoms with Crippen molar-refractivity contribution in [3.8, 4) is 0 Å². The Bertz CT molecular complexity index is 1240. The number of carbonyl (C=O) groups excluding carboxylic acids is 1. The molecule has 0 aliphatic rings. The summed E-state index contributed by atoms with van der Waals surface area (Å²) in [6.45, 7) is 10.4. The number of aryl methyl sites for hydroxylation is 1. The molecule has 0 aliphatic heterocycles. The predicted molar refractivity (Wildman–Crippen MR) is 127 cm³/mol. The molecule has 0 fully saturated rings. The molecule has 0 bridgehead atoms. The molecule has 2 aromatic carbocycles. The quantitative estimate of drug-likeness (QED) is 0.318. The summed E-state index contributed by atoms with van der Waals surface area (Å²) in [4.78, 5) is 22.2. The van der Waals surface area contributed by atoms with Gasteiger partial charge in [0.25, 0.3) is 0 Å². The maximum absolute atomic E-state index is 12.9. The van der Waals surface area contributed by atoms with Gasteiger partial charge in [0.1, 0.15) is 5.82 Å². The summed E-state index contributed by atoms with van der Waals surface area (Å²) in [6.07, 6.45) is 0. The van der Waals surface area contributed by atoms with Gasteiger partial charge in [-0.1, -0.05) is 69.8 Å². The first kappa shape index (κ1) is 21.3. The lowest BCUT2D eigenvalue weighted by Crippen LogP contribution is -2.18. The third-order valence-corrected chi connectivity index (χ3v) is 6.15. The molecule has 7 heteroatoms. The zero-order valence-electron chi connectivity index (χ0n) is 18.5. The van der Waals surface area contributed by atoms with Gasteiger partial charge in [0.2, 0.25) is 5.91 Å². The Morgan fingerprint density at radius 2 is 1.68 bits per heavy atom. The van der Waals surface area contributed by atoms with Crippen LogP contribution in [0.1, 0.15) is 56.5 Å². The van der Waals surface area contributed by atoms with Crippen LogP contribution in [0, 0.1) is 6.92 Å². The van der Waals surface area contributed by atoms with E-state index >= 15 is 0 Å². The van der Waals surface area contributed by atoms with Crippen molar-refractivity contribution in [1.29, 1.82) is 0 Å². The molecule has 4 aromatic rings. The Balaban J connectivity index is 1.61. The van der Waals surface area contributed by atoms with Crippen molar-refractivity contribution in [2.75, 3.05) is 11.1 Å². The summed E-state index contributed by atoms with van der Waals surface area (Å²) in [7, 11) is 0. The topological polar surface area (TPSA) is 72.2 Å². The summed E-state index contributed by atoms with van der Waals surface area (Å²) in [5.41, 5.74) is 4.85. The van der Waals surface area contributed by atoms with Gasteiger partial charge in [0.05, 0.1) is 11.3 Å². The lowest BCUT2D eigenvalue weighted by Gasteiger charge is -2.20. The molecular formula is C24H27N5OS. The normalized spacial score (nSPS) is 11.7. The first-order valence-corrected chi connectivity index (χ1v) is 11.5. The van der Waals surface area contributed by atoms with Crippen LogP contribution in [0.2, 0.25) is 0 Å². The molecule has 0 radical (unpaired) electrons. The second-order valence-corrected chi connectivity index (χ2v) is 9.21. The molecule has 1 N–H and O–H groups in total. The standard InChI is InChI=1S/C24H27N5OS/c1-14(2)17-10-8-11-18(15(3)4)22(17)27-21(30)13-31-24-26-20-12-7-6-9-19(20)23-25-16(5)28-29(23)24/h6-12,14-15H,13H2,1-5H3,(H,27,30). The Morgan fingerprint density at radius 3 is 2.35 bits per heavy atom. The maximum atomic E-state index is 12.9. The van der Waals surface area contributed by atoms with Crippen LogP contribution in [0.3, 0.4) is 0 Å². The molecule has 0 unspecified atom stereocenters. The van der Waals surface area contributed by atoms with Crippen LogP contribution >= 0.6 is 11.8 Å². The summed E-state index contributed by atoms with van der Waals surface area (Å²) in [6, 6.07) is 14.1. The van der Waals surface area contributed by atoms with Gasteiger partial charge in [-0.3, -0.25) is 4.79 Å². The zero-order valence-corrected chi connectivity index (χ0v) is 19.3. The van der Waals surface area contributed by atoms with Crippen LogP contribution in [0.5, 0.6) is 0 Å². The average molecular weight is 434 g/mol. The lowest BCUT2D eigenvalue weighted by molar-refractivity contribution is -0.113. The molecule has 0 atom stereocenters. The first-order chi connectivity index (χ1) is 14.8. The number of nitrogens with zero attached hydrogens (tertiary/aromatic N) is 4. The van der Waals surface area contributed by atoms with Crippen LogP contribution in [0.15, 0.2) is 47.6 Å². The van der Waals surface area contributed by atoms with Crippen LogP contribution < -0.4 is 5.32 Å². The molecule has 160 valence electrons. The summed E-state index contributed by atoms with van der Waals surface area (Å²) >= 11 is 1.37. The second-order valence-electron chi connectivity index (χ2n) is 8.26. The van der Waals surface area contributed by atoms with Gasteiger partial charge >= 0.3 is 0 Å². The minimum atomic E-state index is -0.0556. The van der Waals surface area contributed by atoms with Crippen molar-refractivity contribution in [3.05, 3.63) is 59.4 Å². The number of hydrogen-bond acceptors (Lipinski definition) is 5. The van der Waals surface area contributed by atoms with Gasteiger partial charge in [-0.05, 0) is 42.0 Å². The summed E-state index contributed by atoms with van der Waals surface area (Å²) < 4.78 is 1.73. The Labute approximate surface area is 186 Å². The number of fused-ring (bicyclic) bond motifs is 3. The molecule has 0 saturated carbocycles. The molecule has 0 spiro atoms. The van der Waals surface area contributed by atoms with E-state index in [4.69, 9.17) is 4.98 Å². The minimum absolute atomic E-state index is 0.0556. The van der Waals surface area contributed by atoms with E-state index in [1.165, 1.54) is 11.8 Å². The van der Waals surface area contributed by atoms with Gasteiger partial charge in [-0.25, -0.2) is 9.97 Å². The molecule has 31 heavy (non-hydrogen) atoms. The molecule has 0 aliphatic carbocycles. The van der Waals surface area contributed by atoms with Crippen LogP contribution in [-0.4, -0.2) is 31.2 Å². The van der Waals surface area contributed by atoms with Crippen molar-refractivity contribution in [2.24, 2.45) is 0 Å². The van der Waals surface area contributed by atoms with Gasteiger partial charge < -0.3 is 5.32 Å². The zero-order chi connectivity index (χ0) is 22.1. The highest BCUT2D eigenvalue weighted by Crippen LogP contribution is 2.32. The fourth-order valence-electron chi connectivity index (χ4n) is 3.73. The molecule has 6 nitrogen and oxygen atoms in total. The van der Waals surface area contributed by atoms with E-state index in [9.17, 15) is 4.79 Å². The fourth-order valence-corrected chi connectivity index (χ4v) is 4.47. The van der Waals surface area contributed by atoms with Crippen molar-refractivity contribution in [1.82, 2.24) is 19.6 Å². The van der Waals surface area contributed by atoms with Crippen molar-refractivity contribution in [2.45, 2.75) is 51.6 Å². The van der Waals surface area contributed by atoms with Crippen LogP contribution in [-0.2, 0) is 4.79 Å². The van der Waals surface area contributed by atoms with Gasteiger partial charge in [0.15, 0.2) is 10.8 Å². The molecule has 1 amide bonds. The second kappa shape index (κ2) is 8.67.